The normalized spacial score (nSPS) is 10.1. The minimum absolute atomic E-state index is 0.276. The molecule has 0 aromatic carbocycles. The summed E-state index contributed by atoms with van der Waals surface area (Å²) in [5.41, 5.74) is 0. The summed E-state index contributed by atoms with van der Waals surface area (Å²) in [6.07, 6.45) is 6.48. The first kappa shape index (κ1) is 8.96. The van der Waals surface area contributed by atoms with Gasteiger partial charge in [-0.3, -0.25) is 4.57 Å². The highest BCUT2D eigenvalue weighted by molar-refractivity contribution is 6.32. The Morgan fingerprint density at radius 1 is 1.50 bits per heavy atom. The van der Waals surface area contributed by atoms with Crippen LogP contribution in [0.2, 0.25) is 5.02 Å². The monoisotopic (exact) mass is 210 g/mol. The van der Waals surface area contributed by atoms with Crippen molar-refractivity contribution in [2.75, 3.05) is 7.11 Å². The van der Waals surface area contributed by atoms with Crippen LogP contribution >= 0.6 is 11.6 Å². The second-order valence-electron chi connectivity index (χ2n) is 2.50. The van der Waals surface area contributed by atoms with Crippen LogP contribution in [0, 0.1) is 0 Å². The zero-order valence-electron chi connectivity index (χ0n) is 7.38. The van der Waals surface area contributed by atoms with Crippen LogP contribution in [0.1, 0.15) is 0 Å². The maximum Gasteiger partial charge on any atom is 0.318 e. The molecule has 0 N–H and O–H groups in total. The van der Waals surface area contributed by atoms with E-state index in [0.29, 0.717) is 10.8 Å². The summed E-state index contributed by atoms with van der Waals surface area (Å²) >= 11 is 5.92. The lowest BCUT2D eigenvalue weighted by Crippen LogP contribution is -1.99. The SMILES string of the molecule is COc1ncc(Cl)c(-n2ccnc2)n1. The number of imidazole rings is 1. The molecule has 0 spiro atoms. The van der Waals surface area contributed by atoms with Crippen molar-refractivity contribution >= 4 is 11.6 Å². The van der Waals surface area contributed by atoms with Crippen molar-refractivity contribution in [1.82, 2.24) is 19.5 Å². The molecule has 2 heterocycles. The molecule has 0 bridgehead atoms. The Balaban J connectivity index is 2.51. The summed E-state index contributed by atoms with van der Waals surface area (Å²) in [6.45, 7) is 0. The Bertz CT molecular complexity index is 429. The van der Waals surface area contributed by atoms with Crippen LogP contribution in [-0.4, -0.2) is 26.6 Å². The van der Waals surface area contributed by atoms with Crippen LogP contribution in [-0.2, 0) is 0 Å². The molecule has 5 nitrogen and oxygen atoms in total. The summed E-state index contributed by atoms with van der Waals surface area (Å²) in [5.74, 6) is 0.552. The van der Waals surface area contributed by atoms with E-state index in [0.717, 1.165) is 0 Å². The van der Waals surface area contributed by atoms with Crippen molar-refractivity contribution in [3.8, 4) is 11.8 Å². The number of aromatic nitrogens is 4. The maximum atomic E-state index is 5.92. The summed E-state index contributed by atoms with van der Waals surface area (Å²) in [6, 6.07) is 0.276. The van der Waals surface area contributed by atoms with Gasteiger partial charge in [-0.2, -0.15) is 4.98 Å². The lowest BCUT2D eigenvalue weighted by Gasteiger charge is -2.04. The number of methoxy groups -OCH3 is 1. The molecule has 0 aliphatic heterocycles. The first-order valence-corrected chi connectivity index (χ1v) is 4.24. The van der Waals surface area contributed by atoms with Gasteiger partial charge in [-0.25, -0.2) is 9.97 Å². The molecule has 72 valence electrons. The van der Waals surface area contributed by atoms with Gasteiger partial charge in [-0.15, -0.1) is 0 Å². The smallest absolute Gasteiger partial charge is 0.318 e. The fraction of sp³-hybridized carbons (Fsp3) is 0.125. The highest BCUT2D eigenvalue weighted by Gasteiger charge is 2.06. The zero-order valence-corrected chi connectivity index (χ0v) is 8.14. The summed E-state index contributed by atoms with van der Waals surface area (Å²) in [4.78, 5) is 11.9. The molecular formula is C8H7ClN4O. The third-order valence-corrected chi connectivity index (χ3v) is 1.90. The second-order valence-corrected chi connectivity index (χ2v) is 2.91. The van der Waals surface area contributed by atoms with Crippen molar-refractivity contribution in [3.05, 3.63) is 29.9 Å². The van der Waals surface area contributed by atoms with Gasteiger partial charge in [0.1, 0.15) is 11.3 Å². The predicted molar refractivity (Wildman–Crippen MR) is 50.7 cm³/mol. The molecule has 2 aromatic rings. The summed E-state index contributed by atoms with van der Waals surface area (Å²) < 4.78 is 6.58. The van der Waals surface area contributed by atoms with Crippen molar-refractivity contribution < 1.29 is 4.74 Å². The van der Waals surface area contributed by atoms with Gasteiger partial charge in [-0.05, 0) is 0 Å². The van der Waals surface area contributed by atoms with Crippen LogP contribution in [0.5, 0.6) is 6.01 Å². The average molecular weight is 211 g/mol. The molecule has 0 unspecified atom stereocenters. The van der Waals surface area contributed by atoms with E-state index < -0.39 is 0 Å². The van der Waals surface area contributed by atoms with Gasteiger partial charge in [0.25, 0.3) is 0 Å². The zero-order chi connectivity index (χ0) is 9.97. The minimum Gasteiger partial charge on any atom is -0.467 e. The van der Waals surface area contributed by atoms with Crippen molar-refractivity contribution in [3.63, 3.8) is 0 Å². The number of hydrogen-bond acceptors (Lipinski definition) is 4. The molecule has 0 atom stereocenters. The van der Waals surface area contributed by atoms with E-state index in [1.165, 1.54) is 13.3 Å². The topological polar surface area (TPSA) is 52.8 Å². The van der Waals surface area contributed by atoms with Gasteiger partial charge in [0.15, 0.2) is 5.82 Å². The van der Waals surface area contributed by atoms with Crippen molar-refractivity contribution in [2.24, 2.45) is 0 Å². The van der Waals surface area contributed by atoms with Gasteiger partial charge in [0.05, 0.1) is 13.3 Å². The molecule has 14 heavy (non-hydrogen) atoms. The Morgan fingerprint density at radius 3 is 3.00 bits per heavy atom. The molecule has 2 aromatic heterocycles. The molecular weight excluding hydrogens is 204 g/mol. The van der Waals surface area contributed by atoms with Gasteiger partial charge in [0.2, 0.25) is 0 Å². The number of hydrogen-bond donors (Lipinski definition) is 0. The van der Waals surface area contributed by atoms with Crippen LogP contribution in [0.15, 0.2) is 24.9 Å². The highest BCUT2D eigenvalue weighted by Crippen LogP contribution is 2.18. The van der Waals surface area contributed by atoms with Gasteiger partial charge in [-0.1, -0.05) is 11.6 Å². The Kier molecular flexibility index (Phi) is 2.32. The number of halogens is 1. The van der Waals surface area contributed by atoms with E-state index in [1.54, 1.807) is 23.3 Å². The van der Waals surface area contributed by atoms with Crippen molar-refractivity contribution in [1.29, 1.82) is 0 Å². The molecule has 0 saturated carbocycles. The number of rotatable bonds is 2. The molecule has 0 aliphatic rings. The van der Waals surface area contributed by atoms with Crippen molar-refractivity contribution in [2.45, 2.75) is 0 Å². The molecule has 0 saturated heterocycles. The van der Waals surface area contributed by atoms with E-state index in [2.05, 4.69) is 15.0 Å². The third kappa shape index (κ3) is 1.54. The quantitative estimate of drug-likeness (QED) is 0.750. The van der Waals surface area contributed by atoms with E-state index >= 15 is 0 Å². The molecule has 0 fully saturated rings. The molecule has 2 rings (SSSR count). The number of nitrogens with zero attached hydrogens (tertiary/aromatic N) is 4. The van der Waals surface area contributed by atoms with Crippen LogP contribution < -0.4 is 4.74 Å². The first-order chi connectivity index (χ1) is 6.81. The van der Waals surface area contributed by atoms with E-state index in [9.17, 15) is 0 Å². The van der Waals surface area contributed by atoms with Gasteiger partial charge >= 0.3 is 6.01 Å². The maximum absolute atomic E-state index is 5.92. The van der Waals surface area contributed by atoms with Crippen LogP contribution in [0.4, 0.5) is 0 Å². The van der Waals surface area contributed by atoms with E-state index in [-0.39, 0.29) is 6.01 Å². The summed E-state index contributed by atoms with van der Waals surface area (Å²) in [5, 5.41) is 0.448. The first-order valence-electron chi connectivity index (χ1n) is 3.86. The summed E-state index contributed by atoms with van der Waals surface area (Å²) in [7, 11) is 1.50. The Labute approximate surface area is 85.3 Å². The van der Waals surface area contributed by atoms with Crippen LogP contribution in [0.3, 0.4) is 0 Å². The fourth-order valence-electron chi connectivity index (χ4n) is 1.01. The van der Waals surface area contributed by atoms with Gasteiger partial charge < -0.3 is 4.74 Å². The predicted octanol–water partition coefficient (Wildman–Crippen LogP) is 1.32. The third-order valence-electron chi connectivity index (χ3n) is 1.64. The van der Waals surface area contributed by atoms with E-state index in [4.69, 9.17) is 16.3 Å². The standard InChI is InChI=1S/C8H7ClN4O/c1-14-8-11-4-6(9)7(12-8)13-3-2-10-5-13/h2-5H,1H3. The van der Waals surface area contributed by atoms with Gasteiger partial charge in [0, 0.05) is 12.4 Å². The fourth-order valence-corrected chi connectivity index (χ4v) is 1.19. The van der Waals surface area contributed by atoms with Crippen LogP contribution in [0.25, 0.3) is 5.82 Å². The minimum atomic E-state index is 0.276. The highest BCUT2D eigenvalue weighted by atomic mass is 35.5. The lowest BCUT2D eigenvalue weighted by molar-refractivity contribution is 0.379. The largest absolute Gasteiger partial charge is 0.467 e. The second kappa shape index (κ2) is 3.63. The molecule has 0 aliphatic carbocycles. The molecule has 0 amide bonds. The Hall–Kier alpha value is -1.62. The lowest BCUT2D eigenvalue weighted by atomic mass is 10.5. The van der Waals surface area contributed by atoms with E-state index in [1.807, 2.05) is 0 Å². The molecule has 6 heteroatoms. The number of ether oxygens (including phenoxy) is 1. The Morgan fingerprint density at radius 2 is 2.36 bits per heavy atom. The average Bonchev–Trinajstić information content (AvgIpc) is 2.71. The molecule has 0 radical (unpaired) electrons.